The zero-order chi connectivity index (χ0) is 21.9. The van der Waals surface area contributed by atoms with Crippen LogP contribution in [0.15, 0.2) is 51.8 Å². The van der Waals surface area contributed by atoms with Crippen LogP contribution in [0.2, 0.25) is 0 Å². The second-order valence-electron chi connectivity index (χ2n) is 7.74. The van der Waals surface area contributed by atoms with E-state index in [4.69, 9.17) is 4.74 Å². The minimum absolute atomic E-state index is 0.0752. The van der Waals surface area contributed by atoms with E-state index in [2.05, 4.69) is 21.2 Å². The van der Waals surface area contributed by atoms with Gasteiger partial charge < -0.3 is 10.1 Å². The van der Waals surface area contributed by atoms with Crippen LogP contribution in [0.1, 0.15) is 38.2 Å². The van der Waals surface area contributed by atoms with E-state index in [1.165, 1.54) is 11.4 Å². The van der Waals surface area contributed by atoms with Crippen LogP contribution in [0.4, 0.5) is 5.69 Å². The highest BCUT2D eigenvalue weighted by Gasteiger charge is 2.34. The van der Waals surface area contributed by atoms with Crippen molar-refractivity contribution in [3.8, 4) is 5.75 Å². The van der Waals surface area contributed by atoms with E-state index >= 15 is 0 Å². The van der Waals surface area contributed by atoms with Crippen molar-refractivity contribution in [2.24, 2.45) is 5.92 Å². The van der Waals surface area contributed by atoms with Crippen LogP contribution in [0.5, 0.6) is 5.75 Å². The third-order valence-electron chi connectivity index (χ3n) is 5.41. The van der Waals surface area contributed by atoms with Crippen LogP contribution in [0.25, 0.3) is 0 Å². The number of piperidine rings is 1. The third-order valence-corrected chi connectivity index (χ3v) is 7.86. The molecular formula is C22H27BrN2O4S. The summed E-state index contributed by atoms with van der Waals surface area (Å²) >= 11 is 3.37. The molecule has 0 aromatic heterocycles. The van der Waals surface area contributed by atoms with Gasteiger partial charge in [0.05, 0.1) is 7.11 Å². The molecule has 2 aromatic carbocycles. The van der Waals surface area contributed by atoms with E-state index in [1.807, 2.05) is 44.2 Å². The Morgan fingerprint density at radius 3 is 2.33 bits per heavy atom. The number of carbonyl (C=O) groups is 1. The molecule has 30 heavy (non-hydrogen) atoms. The first-order valence-electron chi connectivity index (χ1n) is 9.97. The van der Waals surface area contributed by atoms with Crippen LogP contribution in [-0.4, -0.2) is 38.8 Å². The Morgan fingerprint density at radius 2 is 1.77 bits per heavy atom. The van der Waals surface area contributed by atoms with E-state index < -0.39 is 10.0 Å². The fraction of sp³-hybridized carbons (Fsp3) is 0.409. The van der Waals surface area contributed by atoms with E-state index in [-0.39, 0.29) is 22.6 Å². The van der Waals surface area contributed by atoms with Crippen LogP contribution >= 0.6 is 15.9 Å². The number of nitrogens with zero attached hydrogens (tertiary/aromatic N) is 1. The molecule has 1 fully saturated rings. The van der Waals surface area contributed by atoms with Crippen molar-refractivity contribution in [3.63, 3.8) is 0 Å². The fourth-order valence-corrected chi connectivity index (χ4v) is 5.45. The second-order valence-corrected chi connectivity index (χ2v) is 10.6. The lowest BCUT2D eigenvalue weighted by Crippen LogP contribution is -2.41. The molecule has 8 heteroatoms. The molecule has 1 N–H and O–H groups in total. The van der Waals surface area contributed by atoms with Crippen LogP contribution in [0.3, 0.4) is 0 Å². The van der Waals surface area contributed by atoms with Gasteiger partial charge in [-0.3, -0.25) is 4.79 Å². The van der Waals surface area contributed by atoms with Gasteiger partial charge in [0, 0.05) is 29.2 Å². The molecule has 162 valence electrons. The zero-order valence-electron chi connectivity index (χ0n) is 17.4. The molecule has 1 amide bonds. The standard InChI is InChI=1S/C22H27BrN2O4S/c1-15(2)17-4-9-20(29-3)21(14-17)30(27,28)25-12-10-16(11-13-25)22(26)24-19-7-5-18(23)6-8-19/h4-9,14-16H,10-13H2,1-3H3,(H,24,26). The molecule has 0 saturated carbocycles. The van der Waals surface area contributed by atoms with Crippen molar-refractivity contribution in [2.75, 3.05) is 25.5 Å². The quantitative estimate of drug-likeness (QED) is 0.635. The molecule has 1 saturated heterocycles. The van der Waals surface area contributed by atoms with Crippen molar-refractivity contribution in [2.45, 2.75) is 37.5 Å². The van der Waals surface area contributed by atoms with Crippen molar-refractivity contribution in [3.05, 3.63) is 52.5 Å². The van der Waals surface area contributed by atoms with Gasteiger partial charge in [0.1, 0.15) is 10.6 Å². The highest BCUT2D eigenvalue weighted by molar-refractivity contribution is 9.10. The largest absolute Gasteiger partial charge is 0.495 e. The minimum atomic E-state index is -3.70. The number of methoxy groups -OCH3 is 1. The molecule has 1 heterocycles. The predicted octanol–water partition coefficient (Wildman–Crippen LogP) is 4.62. The molecule has 1 aliphatic rings. The molecule has 1 aliphatic heterocycles. The first-order chi connectivity index (χ1) is 14.2. The number of rotatable bonds is 6. The Hall–Kier alpha value is -1.90. The first kappa shape index (κ1) is 22.8. The molecular weight excluding hydrogens is 468 g/mol. The maximum Gasteiger partial charge on any atom is 0.246 e. The second kappa shape index (κ2) is 9.49. The number of hydrogen-bond acceptors (Lipinski definition) is 4. The van der Waals surface area contributed by atoms with Crippen LogP contribution in [0, 0.1) is 5.92 Å². The summed E-state index contributed by atoms with van der Waals surface area (Å²) in [6, 6.07) is 12.7. The predicted molar refractivity (Wildman–Crippen MR) is 121 cm³/mol. The van der Waals surface area contributed by atoms with E-state index in [1.54, 1.807) is 12.1 Å². The summed E-state index contributed by atoms with van der Waals surface area (Å²) in [4.78, 5) is 12.8. The van der Waals surface area contributed by atoms with Gasteiger partial charge in [-0.1, -0.05) is 35.8 Å². The average molecular weight is 495 g/mol. The summed E-state index contributed by atoms with van der Waals surface area (Å²) in [7, 11) is -2.23. The third kappa shape index (κ3) is 5.04. The Bertz CT molecular complexity index is 998. The summed E-state index contributed by atoms with van der Waals surface area (Å²) in [5.74, 6) is 0.255. The maximum atomic E-state index is 13.3. The van der Waals surface area contributed by atoms with Gasteiger partial charge in [-0.25, -0.2) is 8.42 Å². The van der Waals surface area contributed by atoms with Crippen LogP contribution < -0.4 is 10.1 Å². The Kier molecular flexibility index (Phi) is 7.21. The highest BCUT2D eigenvalue weighted by Crippen LogP contribution is 2.32. The number of carbonyl (C=O) groups excluding carboxylic acids is 1. The normalized spacial score (nSPS) is 15.9. The molecule has 0 spiro atoms. The van der Waals surface area contributed by atoms with Crippen molar-refractivity contribution < 1.29 is 17.9 Å². The summed E-state index contributed by atoms with van der Waals surface area (Å²) in [5, 5.41) is 2.91. The molecule has 0 radical (unpaired) electrons. The van der Waals surface area contributed by atoms with Gasteiger partial charge in [-0.05, 0) is 60.7 Å². The number of amides is 1. The lowest BCUT2D eigenvalue weighted by atomic mass is 9.97. The molecule has 6 nitrogen and oxygen atoms in total. The van der Waals surface area contributed by atoms with Crippen molar-refractivity contribution >= 4 is 37.5 Å². The maximum absolute atomic E-state index is 13.3. The van der Waals surface area contributed by atoms with Gasteiger partial charge in [-0.2, -0.15) is 4.31 Å². The molecule has 2 aromatic rings. The smallest absolute Gasteiger partial charge is 0.246 e. The monoisotopic (exact) mass is 494 g/mol. The summed E-state index contributed by atoms with van der Waals surface area (Å²) in [5.41, 5.74) is 1.67. The van der Waals surface area contributed by atoms with Gasteiger partial charge >= 0.3 is 0 Å². The van der Waals surface area contributed by atoms with Crippen LogP contribution in [-0.2, 0) is 14.8 Å². The number of halogens is 1. The van der Waals surface area contributed by atoms with Gasteiger partial charge in [0.25, 0.3) is 0 Å². The van der Waals surface area contributed by atoms with E-state index in [0.29, 0.717) is 31.7 Å². The van der Waals surface area contributed by atoms with E-state index in [9.17, 15) is 13.2 Å². The number of nitrogens with one attached hydrogen (secondary N) is 1. The Labute approximate surface area is 186 Å². The topological polar surface area (TPSA) is 75.7 Å². The molecule has 0 bridgehead atoms. The number of ether oxygens (including phenoxy) is 1. The summed E-state index contributed by atoms with van der Waals surface area (Å²) < 4.78 is 34.3. The van der Waals surface area contributed by atoms with Gasteiger partial charge in [0.15, 0.2) is 0 Å². The minimum Gasteiger partial charge on any atom is -0.495 e. The number of benzene rings is 2. The van der Waals surface area contributed by atoms with Gasteiger partial charge in [-0.15, -0.1) is 0 Å². The lowest BCUT2D eigenvalue weighted by molar-refractivity contribution is -0.120. The SMILES string of the molecule is COc1ccc(C(C)C)cc1S(=O)(=O)N1CCC(C(=O)Nc2ccc(Br)cc2)CC1. The molecule has 0 unspecified atom stereocenters. The van der Waals surface area contributed by atoms with Crippen molar-refractivity contribution in [1.82, 2.24) is 4.31 Å². The van der Waals surface area contributed by atoms with Gasteiger partial charge in [0.2, 0.25) is 15.9 Å². The zero-order valence-corrected chi connectivity index (χ0v) is 19.8. The Balaban J connectivity index is 1.70. The Morgan fingerprint density at radius 1 is 1.13 bits per heavy atom. The number of anilines is 1. The number of sulfonamides is 1. The summed E-state index contributed by atoms with van der Waals surface area (Å²) in [6.07, 6.45) is 0.960. The number of hydrogen-bond donors (Lipinski definition) is 1. The molecule has 0 aliphatic carbocycles. The first-order valence-corrected chi connectivity index (χ1v) is 12.2. The lowest BCUT2D eigenvalue weighted by Gasteiger charge is -2.31. The average Bonchev–Trinajstić information content (AvgIpc) is 2.74. The summed E-state index contributed by atoms with van der Waals surface area (Å²) in [6.45, 7) is 4.65. The van der Waals surface area contributed by atoms with Crippen molar-refractivity contribution in [1.29, 1.82) is 0 Å². The fourth-order valence-electron chi connectivity index (χ4n) is 3.53. The molecule has 3 rings (SSSR count). The molecule has 0 atom stereocenters. The van der Waals surface area contributed by atoms with E-state index in [0.717, 1.165) is 15.7 Å². The highest BCUT2D eigenvalue weighted by atomic mass is 79.9.